The number of carbonyl (C=O) groups is 1. The minimum Gasteiger partial charge on any atom is -0.480 e. The maximum absolute atomic E-state index is 13.9. The van der Waals surface area contributed by atoms with E-state index in [1.54, 1.807) is 18.3 Å². The number of aromatic nitrogens is 5. The number of H-pyrrole nitrogens is 1. The molecule has 1 N–H and O–H groups in total. The zero-order valence-corrected chi connectivity index (χ0v) is 21.8. The standard InChI is InChI=1S/C25H22Cl2N6O4/c1-12(2)32-20-18(30-21(32)16-11-29-25(37-4)31-23(16)36-3)24(35)33(17-9-15(27)10-28-22(17)34)19(20)13-5-7-14(26)8-6-13/h5-12,19H,1-4H3,(H,28,34)/t19-/m1/s1. The molecule has 4 aromatic rings. The predicted molar refractivity (Wildman–Crippen MR) is 139 cm³/mol. The summed E-state index contributed by atoms with van der Waals surface area (Å²) in [4.78, 5) is 44.0. The van der Waals surface area contributed by atoms with Crippen molar-refractivity contribution in [3.05, 3.63) is 80.1 Å². The number of nitrogens with zero attached hydrogens (tertiary/aromatic N) is 5. The van der Waals surface area contributed by atoms with E-state index < -0.39 is 17.5 Å². The van der Waals surface area contributed by atoms with Crippen molar-refractivity contribution in [1.29, 1.82) is 0 Å². The molecule has 0 saturated carbocycles. The van der Waals surface area contributed by atoms with E-state index in [2.05, 4.69) is 15.0 Å². The van der Waals surface area contributed by atoms with Crippen molar-refractivity contribution >= 4 is 34.8 Å². The summed E-state index contributed by atoms with van der Waals surface area (Å²) in [7, 11) is 2.94. The lowest BCUT2D eigenvalue weighted by atomic mass is 10.0. The van der Waals surface area contributed by atoms with Crippen molar-refractivity contribution in [3.8, 4) is 23.3 Å². The lowest BCUT2D eigenvalue weighted by Gasteiger charge is -2.28. The number of rotatable bonds is 6. The molecule has 12 heteroatoms. The molecule has 0 bridgehead atoms. The lowest BCUT2D eigenvalue weighted by Crippen LogP contribution is -2.34. The second kappa shape index (κ2) is 9.53. The average Bonchev–Trinajstić information content (AvgIpc) is 3.40. The van der Waals surface area contributed by atoms with Gasteiger partial charge in [0.15, 0.2) is 5.69 Å². The molecule has 0 aliphatic carbocycles. The fraction of sp³-hybridized carbons (Fsp3) is 0.240. The molecule has 1 aliphatic heterocycles. The molecule has 5 rings (SSSR count). The van der Waals surface area contributed by atoms with Crippen LogP contribution in [-0.2, 0) is 0 Å². The molecule has 1 aliphatic rings. The molecular formula is C25H22Cl2N6O4. The Labute approximate surface area is 221 Å². The van der Waals surface area contributed by atoms with E-state index in [9.17, 15) is 9.59 Å². The van der Waals surface area contributed by atoms with E-state index in [-0.39, 0.29) is 34.3 Å². The molecule has 0 radical (unpaired) electrons. The van der Waals surface area contributed by atoms with Crippen LogP contribution in [0.2, 0.25) is 10.0 Å². The van der Waals surface area contributed by atoms with E-state index in [0.717, 1.165) is 5.56 Å². The number of fused-ring (bicyclic) bond motifs is 1. The molecule has 4 heterocycles. The Kier molecular flexibility index (Phi) is 6.38. The molecule has 0 unspecified atom stereocenters. The van der Waals surface area contributed by atoms with Crippen LogP contribution in [0.1, 0.15) is 47.7 Å². The van der Waals surface area contributed by atoms with Gasteiger partial charge in [-0.3, -0.25) is 14.5 Å². The second-order valence-electron chi connectivity index (χ2n) is 8.57. The summed E-state index contributed by atoms with van der Waals surface area (Å²) in [6, 6.07) is 7.87. The quantitative estimate of drug-likeness (QED) is 0.377. The van der Waals surface area contributed by atoms with Crippen LogP contribution in [-0.4, -0.2) is 44.6 Å². The van der Waals surface area contributed by atoms with Gasteiger partial charge in [0.2, 0.25) is 5.88 Å². The number of ether oxygens (including phenoxy) is 2. The zero-order chi connectivity index (χ0) is 26.4. The number of aromatic amines is 1. The smallest absolute Gasteiger partial charge is 0.319 e. The fourth-order valence-corrected chi connectivity index (χ4v) is 4.80. The van der Waals surface area contributed by atoms with Crippen LogP contribution in [0.4, 0.5) is 5.69 Å². The molecule has 1 atom stereocenters. The third-order valence-electron chi connectivity index (χ3n) is 6.05. The average molecular weight is 541 g/mol. The third-order valence-corrected chi connectivity index (χ3v) is 6.52. The van der Waals surface area contributed by atoms with Gasteiger partial charge in [0.1, 0.15) is 17.6 Å². The maximum atomic E-state index is 13.9. The van der Waals surface area contributed by atoms with Crippen molar-refractivity contribution in [3.63, 3.8) is 0 Å². The number of hydrogen-bond acceptors (Lipinski definition) is 7. The Balaban J connectivity index is 1.79. The van der Waals surface area contributed by atoms with Gasteiger partial charge in [-0.1, -0.05) is 35.3 Å². The summed E-state index contributed by atoms with van der Waals surface area (Å²) in [5.74, 6) is 0.249. The first-order valence-corrected chi connectivity index (χ1v) is 12.1. The highest BCUT2D eigenvalue weighted by molar-refractivity contribution is 6.31. The van der Waals surface area contributed by atoms with E-state index in [0.29, 0.717) is 22.1 Å². The van der Waals surface area contributed by atoms with Gasteiger partial charge < -0.3 is 19.0 Å². The summed E-state index contributed by atoms with van der Waals surface area (Å²) in [6.07, 6.45) is 2.92. The normalized spacial score (nSPS) is 14.8. The van der Waals surface area contributed by atoms with Crippen LogP contribution in [0.3, 0.4) is 0 Å². The van der Waals surface area contributed by atoms with Crippen LogP contribution in [0, 0.1) is 0 Å². The van der Waals surface area contributed by atoms with E-state index in [1.807, 2.05) is 30.5 Å². The number of halogens is 2. The van der Waals surface area contributed by atoms with Gasteiger partial charge >= 0.3 is 6.01 Å². The number of nitrogens with one attached hydrogen (secondary N) is 1. The van der Waals surface area contributed by atoms with Gasteiger partial charge in [0.25, 0.3) is 11.5 Å². The highest BCUT2D eigenvalue weighted by Crippen LogP contribution is 2.45. The van der Waals surface area contributed by atoms with E-state index in [1.165, 1.54) is 31.4 Å². The molecule has 0 spiro atoms. The highest BCUT2D eigenvalue weighted by atomic mass is 35.5. The molecule has 37 heavy (non-hydrogen) atoms. The van der Waals surface area contributed by atoms with Crippen molar-refractivity contribution in [2.75, 3.05) is 19.1 Å². The lowest BCUT2D eigenvalue weighted by molar-refractivity contribution is 0.0989. The van der Waals surface area contributed by atoms with Crippen LogP contribution >= 0.6 is 23.2 Å². The van der Waals surface area contributed by atoms with Gasteiger partial charge in [-0.25, -0.2) is 9.97 Å². The van der Waals surface area contributed by atoms with Crippen molar-refractivity contribution in [2.24, 2.45) is 0 Å². The minimum atomic E-state index is -0.687. The van der Waals surface area contributed by atoms with Gasteiger partial charge in [0, 0.05) is 23.5 Å². The van der Waals surface area contributed by atoms with Crippen LogP contribution in [0.15, 0.2) is 47.5 Å². The molecule has 0 fully saturated rings. The van der Waals surface area contributed by atoms with Crippen molar-refractivity contribution in [2.45, 2.75) is 25.9 Å². The Morgan fingerprint density at radius 1 is 1.03 bits per heavy atom. The molecule has 1 aromatic carbocycles. The van der Waals surface area contributed by atoms with Crippen LogP contribution < -0.4 is 19.9 Å². The third kappa shape index (κ3) is 4.11. The van der Waals surface area contributed by atoms with Crippen molar-refractivity contribution in [1.82, 2.24) is 24.5 Å². The number of methoxy groups -OCH3 is 2. The Morgan fingerprint density at radius 2 is 1.76 bits per heavy atom. The first kappa shape index (κ1) is 24.8. The minimum absolute atomic E-state index is 0.109. The summed E-state index contributed by atoms with van der Waals surface area (Å²) in [6.45, 7) is 3.95. The van der Waals surface area contributed by atoms with Gasteiger partial charge in [-0.05, 0) is 37.6 Å². The monoisotopic (exact) mass is 540 g/mol. The van der Waals surface area contributed by atoms with Crippen molar-refractivity contribution < 1.29 is 14.3 Å². The van der Waals surface area contributed by atoms with E-state index >= 15 is 0 Å². The first-order chi connectivity index (χ1) is 17.7. The number of carbonyl (C=O) groups excluding carboxylic acids is 1. The largest absolute Gasteiger partial charge is 0.480 e. The number of pyridine rings is 1. The Hall–Kier alpha value is -3.89. The number of hydrogen-bond donors (Lipinski definition) is 1. The summed E-state index contributed by atoms with van der Waals surface area (Å²) in [5.41, 5.74) is 1.68. The summed E-state index contributed by atoms with van der Waals surface area (Å²) in [5, 5.41) is 0.827. The van der Waals surface area contributed by atoms with Gasteiger partial charge in [-0.2, -0.15) is 4.98 Å². The molecule has 0 saturated heterocycles. The number of amides is 1. The Bertz CT molecular complexity index is 1560. The SMILES string of the molecule is COc1ncc(-c2nc3c(n2C(C)C)[C@@H](c2ccc(Cl)cc2)N(c2cc(Cl)c[nH]c2=O)C3=O)c(OC)n1. The summed E-state index contributed by atoms with van der Waals surface area (Å²) < 4.78 is 12.6. The zero-order valence-electron chi connectivity index (χ0n) is 20.3. The van der Waals surface area contributed by atoms with Crippen LogP contribution in [0.25, 0.3) is 11.4 Å². The topological polar surface area (TPSA) is 115 Å². The fourth-order valence-electron chi connectivity index (χ4n) is 4.51. The van der Waals surface area contributed by atoms with Gasteiger partial charge in [-0.15, -0.1) is 0 Å². The molecule has 1 amide bonds. The maximum Gasteiger partial charge on any atom is 0.319 e. The number of benzene rings is 1. The first-order valence-electron chi connectivity index (χ1n) is 11.3. The highest BCUT2D eigenvalue weighted by Gasteiger charge is 2.45. The molecular weight excluding hydrogens is 519 g/mol. The number of anilines is 1. The Morgan fingerprint density at radius 3 is 2.41 bits per heavy atom. The molecule has 3 aromatic heterocycles. The number of imidazole rings is 1. The summed E-state index contributed by atoms with van der Waals surface area (Å²) >= 11 is 12.4. The van der Waals surface area contributed by atoms with Gasteiger partial charge in [0.05, 0.1) is 30.5 Å². The molecule has 190 valence electrons. The predicted octanol–water partition coefficient (Wildman–Crippen LogP) is 4.68. The van der Waals surface area contributed by atoms with Crippen LogP contribution in [0.5, 0.6) is 11.9 Å². The van der Waals surface area contributed by atoms with E-state index in [4.69, 9.17) is 37.7 Å². The second-order valence-corrected chi connectivity index (χ2v) is 9.45. The molecule has 10 nitrogen and oxygen atoms in total.